The Kier molecular flexibility index (Phi) is 5.49. The minimum Gasteiger partial charge on any atom is -0.345 e. The van der Waals surface area contributed by atoms with Crippen LogP contribution in [0.1, 0.15) is 51.5 Å². The third-order valence-electron chi connectivity index (χ3n) is 5.13. The Morgan fingerprint density at radius 1 is 1.28 bits per heavy atom. The fourth-order valence-corrected chi connectivity index (χ4v) is 3.39. The summed E-state index contributed by atoms with van der Waals surface area (Å²) in [6, 6.07) is 7.00. The van der Waals surface area contributed by atoms with E-state index in [1.807, 2.05) is 27.0 Å². The number of amides is 1. The number of nitro groups is 1. The van der Waals surface area contributed by atoms with E-state index in [0.29, 0.717) is 23.5 Å². The van der Waals surface area contributed by atoms with Gasteiger partial charge < -0.3 is 5.32 Å². The summed E-state index contributed by atoms with van der Waals surface area (Å²) < 4.78 is 3.36. The number of carbonyl (C=O) groups is 1. The standard InChI is InChI=1S/C20H24N6O3/c1-12(18-10-21-24(5)14(18)3)22-20(27)17-8-6-7-16(9-17)11-25-15(4)19(26(28)29)13(2)23-25/h6-10,12H,11H2,1-5H3,(H,22,27). The molecule has 2 aromatic heterocycles. The van der Waals surface area contributed by atoms with Crippen LogP contribution in [0.25, 0.3) is 0 Å². The van der Waals surface area contributed by atoms with E-state index in [0.717, 1.165) is 16.8 Å². The highest BCUT2D eigenvalue weighted by molar-refractivity contribution is 5.94. The monoisotopic (exact) mass is 396 g/mol. The molecular weight excluding hydrogens is 372 g/mol. The molecule has 1 N–H and O–H groups in total. The van der Waals surface area contributed by atoms with Gasteiger partial charge in [-0.25, -0.2) is 0 Å². The number of hydrogen-bond acceptors (Lipinski definition) is 5. The van der Waals surface area contributed by atoms with Crippen molar-refractivity contribution in [3.8, 4) is 0 Å². The topological polar surface area (TPSA) is 108 Å². The van der Waals surface area contributed by atoms with Crippen molar-refractivity contribution in [1.82, 2.24) is 24.9 Å². The van der Waals surface area contributed by atoms with Gasteiger partial charge in [-0.3, -0.25) is 24.3 Å². The van der Waals surface area contributed by atoms with Crippen LogP contribution in [0.5, 0.6) is 0 Å². The molecule has 0 spiro atoms. The zero-order chi connectivity index (χ0) is 21.3. The van der Waals surface area contributed by atoms with Gasteiger partial charge in [0, 0.05) is 23.9 Å². The van der Waals surface area contributed by atoms with Gasteiger partial charge in [0.15, 0.2) is 0 Å². The molecule has 0 saturated heterocycles. The molecule has 0 aliphatic rings. The van der Waals surface area contributed by atoms with E-state index in [1.54, 1.807) is 47.6 Å². The molecule has 3 aromatic rings. The molecule has 29 heavy (non-hydrogen) atoms. The molecule has 3 rings (SSSR count). The summed E-state index contributed by atoms with van der Waals surface area (Å²) in [5, 5.41) is 22.7. The van der Waals surface area contributed by atoms with Crippen LogP contribution in [0.2, 0.25) is 0 Å². The number of carbonyl (C=O) groups excluding carboxylic acids is 1. The van der Waals surface area contributed by atoms with Crippen molar-refractivity contribution in [3.63, 3.8) is 0 Å². The van der Waals surface area contributed by atoms with Gasteiger partial charge in [-0.15, -0.1) is 0 Å². The number of nitrogens with zero attached hydrogens (tertiary/aromatic N) is 5. The molecule has 0 fully saturated rings. The highest BCUT2D eigenvalue weighted by atomic mass is 16.6. The van der Waals surface area contributed by atoms with Crippen LogP contribution in [0.15, 0.2) is 30.5 Å². The van der Waals surface area contributed by atoms with Crippen molar-refractivity contribution in [1.29, 1.82) is 0 Å². The first kappa shape index (κ1) is 20.2. The second kappa shape index (κ2) is 7.86. The van der Waals surface area contributed by atoms with E-state index in [1.165, 1.54) is 0 Å². The average Bonchev–Trinajstić information content (AvgIpc) is 3.14. The fraction of sp³-hybridized carbons (Fsp3) is 0.350. The maximum absolute atomic E-state index is 12.7. The molecule has 1 amide bonds. The van der Waals surface area contributed by atoms with E-state index >= 15 is 0 Å². The quantitative estimate of drug-likeness (QED) is 0.509. The number of aryl methyl sites for hydroxylation is 2. The first-order valence-electron chi connectivity index (χ1n) is 9.25. The van der Waals surface area contributed by atoms with Gasteiger partial charge in [0.1, 0.15) is 11.4 Å². The first-order chi connectivity index (χ1) is 13.7. The minimum atomic E-state index is -0.417. The Labute approximate surface area is 168 Å². The van der Waals surface area contributed by atoms with E-state index in [-0.39, 0.29) is 17.6 Å². The summed E-state index contributed by atoms with van der Waals surface area (Å²) in [5.74, 6) is -0.193. The van der Waals surface area contributed by atoms with Crippen LogP contribution in [0.4, 0.5) is 5.69 Å². The van der Waals surface area contributed by atoms with E-state index in [2.05, 4.69) is 15.5 Å². The number of aromatic nitrogens is 4. The van der Waals surface area contributed by atoms with E-state index in [4.69, 9.17) is 0 Å². The highest BCUT2D eigenvalue weighted by Gasteiger charge is 2.22. The Balaban J connectivity index is 1.77. The molecule has 152 valence electrons. The number of rotatable bonds is 6. The van der Waals surface area contributed by atoms with Crippen LogP contribution < -0.4 is 5.32 Å². The lowest BCUT2D eigenvalue weighted by molar-refractivity contribution is -0.386. The third-order valence-corrected chi connectivity index (χ3v) is 5.13. The largest absolute Gasteiger partial charge is 0.345 e. The molecule has 1 atom stereocenters. The minimum absolute atomic E-state index is 0.0274. The lowest BCUT2D eigenvalue weighted by Crippen LogP contribution is -2.27. The summed E-state index contributed by atoms with van der Waals surface area (Å²) in [6.07, 6.45) is 1.76. The van der Waals surface area contributed by atoms with Crippen molar-refractivity contribution in [3.05, 3.63) is 74.3 Å². The lowest BCUT2D eigenvalue weighted by Gasteiger charge is -2.14. The molecule has 0 radical (unpaired) electrons. The SMILES string of the molecule is Cc1nn(Cc2cccc(C(=O)NC(C)c3cnn(C)c3C)c2)c(C)c1[N+](=O)[O-]. The van der Waals surface area contributed by atoms with Crippen LogP contribution in [0, 0.1) is 30.9 Å². The third kappa shape index (κ3) is 4.03. The predicted octanol–water partition coefficient (Wildman–Crippen LogP) is 2.99. The van der Waals surface area contributed by atoms with Crippen LogP contribution >= 0.6 is 0 Å². The fourth-order valence-electron chi connectivity index (χ4n) is 3.39. The first-order valence-corrected chi connectivity index (χ1v) is 9.25. The zero-order valence-corrected chi connectivity index (χ0v) is 17.1. The molecule has 0 aliphatic carbocycles. The Morgan fingerprint density at radius 3 is 2.59 bits per heavy atom. The van der Waals surface area contributed by atoms with Gasteiger partial charge in [0.2, 0.25) is 0 Å². The summed E-state index contributed by atoms with van der Waals surface area (Å²) in [5.41, 5.74) is 4.21. The molecule has 9 heteroatoms. The smallest absolute Gasteiger partial charge is 0.312 e. The second-order valence-electron chi connectivity index (χ2n) is 7.14. The average molecular weight is 396 g/mol. The van der Waals surface area contributed by atoms with Crippen molar-refractivity contribution < 1.29 is 9.72 Å². The molecular formula is C20H24N6O3. The normalized spacial score (nSPS) is 12.0. The molecule has 9 nitrogen and oxygen atoms in total. The molecule has 1 aromatic carbocycles. The maximum atomic E-state index is 12.7. The number of hydrogen-bond donors (Lipinski definition) is 1. The second-order valence-corrected chi connectivity index (χ2v) is 7.14. The molecule has 0 saturated carbocycles. The predicted molar refractivity (Wildman–Crippen MR) is 108 cm³/mol. The van der Waals surface area contributed by atoms with E-state index in [9.17, 15) is 14.9 Å². The van der Waals surface area contributed by atoms with Crippen molar-refractivity contribution >= 4 is 11.6 Å². The Hall–Kier alpha value is -3.49. The van der Waals surface area contributed by atoms with Gasteiger partial charge in [-0.1, -0.05) is 12.1 Å². The number of nitrogens with one attached hydrogen (secondary N) is 1. The summed E-state index contributed by atoms with van der Waals surface area (Å²) in [4.78, 5) is 23.5. The summed E-state index contributed by atoms with van der Waals surface area (Å²) in [7, 11) is 1.86. The van der Waals surface area contributed by atoms with Gasteiger partial charge in [0.25, 0.3) is 5.91 Å². The molecule has 2 heterocycles. The molecule has 0 aliphatic heterocycles. The zero-order valence-electron chi connectivity index (χ0n) is 17.1. The summed E-state index contributed by atoms with van der Waals surface area (Å²) in [6.45, 7) is 7.51. The van der Waals surface area contributed by atoms with Crippen molar-refractivity contribution in [2.45, 2.75) is 40.3 Å². The van der Waals surface area contributed by atoms with Crippen LogP contribution in [0.3, 0.4) is 0 Å². The van der Waals surface area contributed by atoms with Gasteiger partial charge in [0.05, 0.1) is 23.7 Å². The number of benzene rings is 1. The van der Waals surface area contributed by atoms with Crippen LogP contribution in [-0.4, -0.2) is 30.4 Å². The summed E-state index contributed by atoms with van der Waals surface area (Å²) >= 11 is 0. The lowest BCUT2D eigenvalue weighted by atomic mass is 10.1. The Morgan fingerprint density at radius 2 is 2.00 bits per heavy atom. The molecule has 1 unspecified atom stereocenters. The van der Waals surface area contributed by atoms with Gasteiger partial charge in [-0.2, -0.15) is 10.2 Å². The van der Waals surface area contributed by atoms with Gasteiger partial charge in [-0.05, 0) is 45.4 Å². The Bertz CT molecular complexity index is 1080. The van der Waals surface area contributed by atoms with Gasteiger partial charge >= 0.3 is 5.69 Å². The van der Waals surface area contributed by atoms with Crippen molar-refractivity contribution in [2.24, 2.45) is 7.05 Å². The highest BCUT2D eigenvalue weighted by Crippen LogP contribution is 2.23. The maximum Gasteiger partial charge on any atom is 0.312 e. The van der Waals surface area contributed by atoms with E-state index < -0.39 is 4.92 Å². The van der Waals surface area contributed by atoms with Crippen LogP contribution in [-0.2, 0) is 13.6 Å². The van der Waals surface area contributed by atoms with Crippen molar-refractivity contribution in [2.75, 3.05) is 0 Å². The molecule has 0 bridgehead atoms.